The van der Waals surface area contributed by atoms with Gasteiger partial charge in [-0.3, -0.25) is 0 Å². The van der Waals surface area contributed by atoms with E-state index in [-0.39, 0.29) is 6.03 Å². The minimum Gasteiger partial charge on any atom is -0.317 e. The Balaban J connectivity index is 2.27. The van der Waals surface area contributed by atoms with Crippen molar-refractivity contribution in [3.05, 3.63) is 0 Å². The molecule has 3 unspecified atom stereocenters. The van der Waals surface area contributed by atoms with Gasteiger partial charge < -0.3 is 9.80 Å². The van der Waals surface area contributed by atoms with Crippen LogP contribution in [0.2, 0.25) is 5.82 Å². The molecule has 0 aromatic heterocycles. The van der Waals surface area contributed by atoms with Gasteiger partial charge in [-0.15, -0.1) is 0 Å². The Labute approximate surface area is 131 Å². The molecule has 120 valence electrons. The van der Waals surface area contributed by atoms with Crippen molar-refractivity contribution in [2.24, 2.45) is 0 Å². The van der Waals surface area contributed by atoms with Gasteiger partial charge in [0.25, 0.3) is 0 Å². The van der Waals surface area contributed by atoms with Crippen LogP contribution in [0.4, 0.5) is 4.79 Å². The SMILES string of the molecule is BC1CCCCCCC2C(C1)N(C(C)C)C(=O)N2C(C)C. The van der Waals surface area contributed by atoms with Crippen LogP contribution >= 0.6 is 0 Å². The van der Waals surface area contributed by atoms with E-state index in [9.17, 15) is 4.79 Å². The van der Waals surface area contributed by atoms with Crippen LogP contribution in [0.3, 0.4) is 0 Å². The first-order chi connectivity index (χ1) is 9.93. The van der Waals surface area contributed by atoms with Gasteiger partial charge in [0.2, 0.25) is 0 Å². The van der Waals surface area contributed by atoms with Gasteiger partial charge in [-0.05, 0) is 40.5 Å². The second kappa shape index (κ2) is 7.06. The highest BCUT2D eigenvalue weighted by Crippen LogP contribution is 2.36. The third kappa shape index (κ3) is 3.57. The largest absolute Gasteiger partial charge is 0.321 e. The van der Waals surface area contributed by atoms with Crippen molar-refractivity contribution in [1.29, 1.82) is 0 Å². The van der Waals surface area contributed by atoms with E-state index in [1.807, 2.05) is 0 Å². The van der Waals surface area contributed by atoms with E-state index < -0.39 is 0 Å². The van der Waals surface area contributed by atoms with E-state index >= 15 is 0 Å². The van der Waals surface area contributed by atoms with Gasteiger partial charge in [-0.25, -0.2) is 4.79 Å². The van der Waals surface area contributed by atoms with E-state index in [4.69, 9.17) is 0 Å². The number of urea groups is 1. The molecule has 0 N–H and O–H groups in total. The van der Waals surface area contributed by atoms with Crippen molar-refractivity contribution in [3.63, 3.8) is 0 Å². The van der Waals surface area contributed by atoms with Crippen LogP contribution in [0, 0.1) is 0 Å². The van der Waals surface area contributed by atoms with Gasteiger partial charge in [-0.2, -0.15) is 0 Å². The Hall–Kier alpha value is -0.665. The number of hydrogen-bond donors (Lipinski definition) is 0. The highest BCUT2D eigenvalue weighted by atomic mass is 16.2. The predicted molar refractivity (Wildman–Crippen MR) is 91.5 cm³/mol. The second-order valence-electron chi connectivity index (χ2n) is 7.75. The Morgan fingerprint density at radius 2 is 1.43 bits per heavy atom. The zero-order chi connectivity index (χ0) is 15.6. The summed E-state index contributed by atoms with van der Waals surface area (Å²) in [5.41, 5.74) is 0. The molecule has 2 rings (SSSR count). The molecule has 1 heterocycles. The third-order valence-electron chi connectivity index (χ3n) is 5.30. The van der Waals surface area contributed by atoms with Gasteiger partial charge in [-0.1, -0.05) is 37.9 Å². The minimum atomic E-state index is 0.279. The maximum atomic E-state index is 12.9. The van der Waals surface area contributed by atoms with Crippen LogP contribution in [-0.4, -0.2) is 47.8 Å². The lowest BCUT2D eigenvalue weighted by molar-refractivity contribution is 0.164. The quantitative estimate of drug-likeness (QED) is 0.715. The number of carbonyl (C=O) groups is 1. The molecule has 4 heteroatoms. The highest BCUT2D eigenvalue weighted by molar-refractivity contribution is 6.11. The van der Waals surface area contributed by atoms with Gasteiger partial charge >= 0.3 is 6.03 Å². The first-order valence-corrected chi connectivity index (χ1v) is 9.04. The lowest BCUT2D eigenvalue weighted by Crippen LogP contribution is -2.42. The summed E-state index contributed by atoms with van der Waals surface area (Å²) < 4.78 is 0. The molecule has 1 aliphatic heterocycles. The summed E-state index contributed by atoms with van der Waals surface area (Å²) in [6.45, 7) is 8.67. The average Bonchev–Trinajstić information content (AvgIpc) is 2.66. The van der Waals surface area contributed by atoms with Crippen molar-refractivity contribution < 1.29 is 4.79 Å². The minimum absolute atomic E-state index is 0.279. The van der Waals surface area contributed by atoms with E-state index in [0.717, 1.165) is 5.82 Å². The smallest absolute Gasteiger partial charge is 0.317 e. The van der Waals surface area contributed by atoms with E-state index in [0.29, 0.717) is 24.2 Å². The molecule has 0 aromatic carbocycles. The van der Waals surface area contributed by atoms with Crippen molar-refractivity contribution in [2.75, 3.05) is 0 Å². The van der Waals surface area contributed by atoms with Crippen LogP contribution in [-0.2, 0) is 0 Å². The molecule has 1 aliphatic carbocycles. The molecule has 0 spiro atoms. The maximum absolute atomic E-state index is 12.9. The summed E-state index contributed by atoms with van der Waals surface area (Å²) in [6, 6.07) is 1.76. The summed E-state index contributed by atoms with van der Waals surface area (Å²) in [4.78, 5) is 17.3. The molecule has 0 radical (unpaired) electrons. The van der Waals surface area contributed by atoms with Gasteiger partial charge in [0.05, 0.1) is 12.1 Å². The van der Waals surface area contributed by atoms with Crippen LogP contribution in [0.25, 0.3) is 0 Å². The zero-order valence-electron chi connectivity index (χ0n) is 14.6. The van der Waals surface area contributed by atoms with Gasteiger partial charge in [0.15, 0.2) is 0 Å². The van der Waals surface area contributed by atoms with Crippen molar-refractivity contribution in [3.8, 4) is 0 Å². The summed E-state index contributed by atoms with van der Waals surface area (Å²) in [5, 5.41) is 0. The fourth-order valence-electron chi connectivity index (χ4n) is 4.33. The van der Waals surface area contributed by atoms with Crippen LogP contribution < -0.4 is 0 Å². The Kier molecular flexibility index (Phi) is 5.62. The Bertz CT molecular complexity index is 359. The average molecular weight is 292 g/mol. The van der Waals surface area contributed by atoms with Crippen LogP contribution in [0.1, 0.15) is 72.6 Å². The number of fused-ring (bicyclic) bond motifs is 1. The number of rotatable bonds is 2. The van der Waals surface area contributed by atoms with E-state index in [1.165, 1.54) is 44.9 Å². The summed E-state index contributed by atoms with van der Waals surface area (Å²) in [5.74, 6) is 0.733. The number of carbonyl (C=O) groups excluding carboxylic acids is 1. The molecule has 2 fully saturated rings. The first kappa shape index (κ1) is 16.7. The molecule has 1 saturated heterocycles. The molecule has 3 nitrogen and oxygen atoms in total. The summed E-state index contributed by atoms with van der Waals surface area (Å²) >= 11 is 0. The number of amides is 2. The monoisotopic (exact) mass is 292 g/mol. The lowest BCUT2D eigenvalue weighted by Gasteiger charge is -2.33. The van der Waals surface area contributed by atoms with Crippen LogP contribution in [0.15, 0.2) is 0 Å². The lowest BCUT2D eigenvalue weighted by atomic mass is 9.75. The standard InChI is InChI=1S/C17H33BN2O/c1-12(2)19-15-10-8-6-5-7-9-14(18)11-16(15)20(13(3)4)17(19)21/h12-16H,5-11,18H2,1-4H3. The van der Waals surface area contributed by atoms with Crippen molar-refractivity contribution >= 4 is 13.9 Å². The molecular weight excluding hydrogens is 259 g/mol. The van der Waals surface area contributed by atoms with Crippen LogP contribution in [0.5, 0.6) is 0 Å². The normalized spacial score (nSPS) is 31.9. The molecule has 21 heavy (non-hydrogen) atoms. The van der Waals surface area contributed by atoms with Crippen molar-refractivity contribution in [1.82, 2.24) is 9.80 Å². The topological polar surface area (TPSA) is 23.6 Å². The molecule has 2 aliphatic rings. The maximum Gasteiger partial charge on any atom is 0.321 e. The zero-order valence-corrected chi connectivity index (χ0v) is 14.6. The van der Waals surface area contributed by atoms with E-state index in [2.05, 4.69) is 45.3 Å². The van der Waals surface area contributed by atoms with Gasteiger partial charge in [0, 0.05) is 12.1 Å². The first-order valence-electron chi connectivity index (χ1n) is 9.04. The molecule has 0 bridgehead atoms. The number of hydrogen-bond acceptors (Lipinski definition) is 1. The third-order valence-corrected chi connectivity index (χ3v) is 5.30. The fourth-order valence-corrected chi connectivity index (χ4v) is 4.33. The molecule has 1 saturated carbocycles. The summed E-state index contributed by atoms with van der Waals surface area (Å²) in [6.07, 6.45) is 9.02. The second-order valence-corrected chi connectivity index (χ2v) is 7.75. The van der Waals surface area contributed by atoms with E-state index in [1.54, 1.807) is 0 Å². The molecule has 0 aromatic rings. The highest BCUT2D eigenvalue weighted by Gasteiger charge is 2.47. The van der Waals surface area contributed by atoms with Gasteiger partial charge in [0.1, 0.15) is 7.85 Å². The molecule has 2 amide bonds. The van der Waals surface area contributed by atoms with Crippen molar-refractivity contribution in [2.45, 2.75) is 103 Å². The summed E-state index contributed by atoms with van der Waals surface area (Å²) in [7, 11) is 2.37. The predicted octanol–water partition coefficient (Wildman–Crippen LogP) is 3.44. The molecule has 3 atom stereocenters. The molecular formula is C17H33BN2O. The Morgan fingerprint density at radius 1 is 0.905 bits per heavy atom. The fraction of sp³-hybridized carbons (Fsp3) is 0.941. The Morgan fingerprint density at radius 3 is 2.00 bits per heavy atom. The number of nitrogens with zero attached hydrogens (tertiary/aromatic N) is 2.